The van der Waals surface area contributed by atoms with Crippen molar-refractivity contribution in [2.24, 2.45) is 0 Å². The van der Waals surface area contributed by atoms with Gasteiger partial charge in [0.05, 0.1) is 7.11 Å². The normalized spacial score (nSPS) is 16.9. The number of rotatable bonds is 4. The number of benzene rings is 1. The first-order valence-corrected chi connectivity index (χ1v) is 7.57. The molecule has 1 fully saturated rings. The van der Waals surface area contributed by atoms with E-state index in [0.717, 1.165) is 24.3 Å². The maximum absolute atomic E-state index is 13.9. The van der Waals surface area contributed by atoms with Gasteiger partial charge in [-0.1, -0.05) is 0 Å². The Balaban J connectivity index is 2.09. The zero-order valence-corrected chi connectivity index (χ0v) is 12.1. The minimum atomic E-state index is -0.533. The highest BCUT2D eigenvalue weighted by Gasteiger charge is 2.21. The van der Waals surface area contributed by atoms with Gasteiger partial charge in [-0.25, -0.2) is 8.78 Å². The van der Waals surface area contributed by atoms with Crippen LogP contribution in [-0.4, -0.2) is 36.6 Å². The summed E-state index contributed by atoms with van der Waals surface area (Å²) in [5.74, 6) is 1.41. The zero-order valence-electron chi connectivity index (χ0n) is 11.3. The Kier molecular flexibility index (Phi) is 5.05. The van der Waals surface area contributed by atoms with Crippen molar-refractivity contribution in [3.8, 4) is 5.75 Å². The number of hydrogen-bond donors (Lipinski definition) is 0. The number of thioether (sulfide) groups is 1. The summed E-state index contributed by atoms with van der Waals surface area (Å²) in [4.78, 5) is 2.05. The topological polar surface area (TPSA) is 12.5 Å². The van der Waals surface area contributed by atoms with Crippen LogP contribution in [0.3, 0.4) is 0 Å². The van der Waals surface area contributed by atoms with Gasteiger partial charge < -0.3 is 4.74 Å². The Morgan fingerprint density at radius 1 is 1.26 bits per heavy atom. The first-order chi connectivity index (χ1) is 9.11. The van der Waals surface area contributed by atoms with E-state index in [1.54, 1.807) is 0 Å². The van der Waals surface area contributed by atoms with Crippen LogP contribution in [0.1, 0.15) is 18.4 Å². The molecule has 0 atom stereocenters. The summed E-state index contributed by atoms with van der Waals surface area (Å²) < 4.78 is 32.6. The van der Waals surface area contributed by atoms with Crippen LogP contribution in [0, 0.1) is 11.6 Å². The molecule has 0 aromatic heterocycles. The summed E-state index contributed by atoms with van der Waals surface area (Å²) in [6, 6.07) is 2.90. The van der Waals surface area contributed by atoms with E-state index in [1.165, 1.54) is 19.2 Å². The van der Waals surface area contributed by atoms with Crippen LogP contribution in [0.2, 0.25) is 0 Å². The molecule has 106 valence electrons. The predicted octanol–water partition coefficient (Wildman–Crippen LogP) is 3.30. The average Bonchev–Trinajstić information content (AvgIpc) is 2.43. The molecule has 0 unspecified atom stereocenters. The molecule has 2 rings (SSSR count). The Labute approximate surface area is 117 Å². The molecule has 0 saturated carbocycles. The zero-order chi connectivity index (χ0) is 13.8. The molecule has 1 saturated heterocycles. The summed E-state index contributed by atoms with van der Waals surface area (Å²) in [6.07, 6.45) is 2.17. The van der Waals surface area contributed by atoms with Gasteiger partial charge in [0, 0.05) is 30.3 Å². The van der Waals surface area contributed by atoms with Crippen LogP contribution in [0.25, 0.3) is 0 Å². The number of nitrogens with zero attached hydrogens (tertiary/aromatic N) is 1. The Hall–Kier alpha value is -0.810. The highest BCUT2D eigenvalue weighted by molar-refractivity contribution is 7.99. The van der Waals surface area contributed by atoms with E-state index < -0.39 is 11.6 Å². The van der Waals surface area contributed by atoms with Crippen molar-refractivity contribution in [1.29, 1.82) is 0 Å². The molecule has 1 heterocycles. The molecule has 0 N–H and O–H groups in total. The summed E-state index contributed by atoms with van der Waals surface area (Å²) in [7, 11) is 3.34. The second-order valence-corrected chi connectivity index (χ2v) is 6.05. The Morgan fingerprint density at radius 2 is 1.84 bits per heavy atom. The van der Waals surface area contributed by atoms with Crippen LogP contribution in [-0.2, 0) is 6.54 Å². The highest BCUT2D eigenvalue weighted by Crippen LogP contribution is 2.25. The maximum atomic E-state index is 13.9. The third kappa shape index (κ3) is 3.60. The van der Waals surface area contributed by atoms with Crippen molar-refractivity contribution < 1.29 is 13.5 Å². The van der Waals surface area contributed by atoms with E-state index in [0.29, 0.717) is 12.6 Å². The van der Waals surface area contributed by atoms with Crippen LogP contribution in [0.5, 0.6) is 5.75 Å². The fraction of sp³-hybridized carbons (Fsp3) is 0.571. The van der Waals surface area contributed by atoms with E-state index in [9.17, 15) is 8.78 Å². The monoisotopic (exact) mass is 287 g/mol. The minimum absolute atomic E-state index is 0.126. The highest BCUT2D eigenvalue weighted by atomic mass is 32.2. The average molecular weight is 287 g/mol. The van der Waals surface area contributed by atoms with Crippen molar-refractivity contribution in [1.82, 2.24) is 4.90 Å². The van der Waals surface area contributed by atoms with Gasteiger partial charge in [0.1, 0.15) is 17.4 Å². The van der Waals surface area contributed by atoms with E-state index in [-0.39, 0.29) is 11.3 Å². The summed E-state index contributed by atoms with van der Waals surface area (Å²) in [6.45, 7) is 0.303. The molecule has 1 aliphatic heterocycles. The van der Waals surface area contributed by atoms with Crippen LogP contribution >= 0.6 is 11.8 Å². The van der Waals surface area contributed by atoms with Gasteiger partial charge in [0.25, 0.3) is 0 Å². The molecule has 1 aliphatic rings. The van der Waals surface area contributed by atoms with E-state index in [2.05, 4.69) is 0 Å². The minimum Gasteiger partial charge on any atom is -0.497 e. The Bertz CT molecular complexity index is 412. The summed E-state index contributed by atoms with van der Waals surface area (Å²) in [5, 5.41) is 0. The molecule has 0 aliphatic carbocycles. The predicted molar refractivity (Wildman–Crippen MR) is 74.7 cm³/mol. The molecule has 19 heavy (non-hydrogen) atoms. The lowest BCUT2D eigenvalue weighted by Gasteiger charge is -2.31. The van der Waals surface area contributed by atoms with E-state index in [4.69, 9.17) is 4.74 Å². The maximum Gasteiger partial charge on any atom is 0.134 e. The van der Waals surface area contributed by atoms with Crippen molar-refractivity contribution in [2.45, 2.75) is 25.4 Å². The first-order valence-electron chi connectivity index (χ1n) is 6.41. The molecular formula is C14H19F2NOS. The van der Waals surface area contributed by atoms with Crippen molar-refractivity contribution >= 4 is 11.8 Å². The summed E-state index contributed by atoms with van der Waals surface area (Å²) >= 11 is 1.94. The molecule has 1 aromatic carbocycles. The van der Waals surface area contributed by atoms with Gasteiger partial charge in [-0.2, -0.15) is 11.8 Å². The molecule has 1 aromatic rings. The van der Waals surface area contributed by atoms with E-state index in [1.807, 2.05) is 23.7 Å². The van der Waals surface area contributed by atoms with Crippen LogP contribution < -0.4 is 4.74 Å². The number of methoxy groups -OCH3 is 1. The number of ether oxygens (including phenoxy) is 1. The molecule has 5 heteroatoms. The van der Waals surface area contributed by atoms with Gasteiger partial charge in [-0.05, 0) is 31.4 Å². The molecule has 0 amide bonds. The molecule has 0 spiro atoms. The second kappa shape index (κ2) is 6.57. The summed E-state index contributed by atoms with van der Waals surface area (Å²) in [5.41, 5.74) is 0.126. The van der Waals surface area contributed by atoms with E-state index >= 15 is 0 Å². The Morgan fingerprint density at radius 3 is 2.37 bits per heavy atom. The fourth-order valence-electron chi connectivity index (χ4n) is 2.35. The SMILES string of the molecule is COc1cc(F)c(CN(C)C2CCSCC2)c(F)c1. The van der Waals surface area contributed by atoms with Crippen molar-refractivity contribution in [3.63, 3.8) is 0 Å². The lowest BCUT2D eigenvalue weighted by Crippen LogP contribution is -2.34. The van der Waals surface area contributed by atoms with Gasteiger partial charge in [0.2, 0.25) is 0 Å². The number of hydrogen-bond acceptors (Lipinski definition) is 3. The molecular weight excluding hydrogens is 268 g/mol. The largest absolute Gasteiger partial charge is 0.497 e. The van der Waals surface area contributed by atoms with Crippen molar-refractivity contribution in [3.05, 3.63) is 29.3 Å². The van der Waals surface area contributed by atoms with Gasteiger partial charge in [0.15, 0.2) is 0 Å². The van der Waals surface area contributed by atoms with Crippen LogP contribution in [0.15, 0.2) is 12.1 Å². The van der Waals surface area contributed by atoms with Gasteiger partial charge >= 0.3 is 0 Å². The van der Waals surface area contributed by atoms with Crippen LogP contribution in [0.4, 0.5) is 8.78 Å². The van der Waals surface area contributed by atoms with Gasteiger partial charge in [-0.15, -0.1) is 0 Å². The second-order valence-electron chi connectivity index (χ2n) is 4.83. The lowest BCUT2D eigenvalue weighted by atomic mass is 10.1. The van der Waals surface area contributed by atoms with Crippen molar-refractivity contribution in [2.75, 3.05) is 25.7 Å². The molecule has 2 nitrogen and oxygen atoms in total. The third-order valence-corrected chi connectivity index (χ3v) is 4.62. The molecule has 0 bridgehead atoms. The first kappa shape index (κ1) is 14.6. The quantitative estimate of drug-likeness (QED) is 0.843. The fourth-order valence-corrected chi connectivity index (χ4v) is 3.43. The smallest absolute Gasteiger partial charge is 0.134 e. The lowest BCUT2D eigenvalue weighted by molar-refractivity contribution is 0.215. The van der Waals surface area contributed by atoms with Gasteiger partial charge in [-0.3, -0.25) is 4.90 Å². The third-order valence-electron chi connectivity index (χ3n) is 3.57. The standard InChI is InChI=1S/C14H19F2NOS/c1-17(10-3-5-19-6-4-10)9-12-13(15)7-11(18-2)8-14(12)16/h7-8,10H,3-6,9H2,1-2H3. The molecule has 0 radical (unpaired) electrons. The number of halogens is 2.